The normalized spacial score (nSPS) is 26.9. The standard InChI is InChI=1S/C19H20F3N3O3/c1-11-16(12-6-8-25(11)9-7-12)24-17(26)13-2-4-14(5-3-13)27-15-10-23-18(28-15)19(20,21)22/h2-5,10-12,16H,6-9H2,1H3,(H,24,26)/t11-,16+/m1/s1. The largest absolute Gasteiger partial charge is 0.469 e. The molecule has 3 saturated heterocycles. The van der Waals surface area contributed by atoms with Gasteiger partial charge in [-0.05, 0) is 63.0 Å². The Hall–Kier alpha value is -2.55. The van der Waals surface area contributed by atoms with Gasteiger partial charge in [-0.3, -0.25) is 9.69 Å². The molecule has 1 N–H and O–H groups in total. The average molecular weight is 395 g/mol. The summed E-state index contributed by atoms with van der Waals surface area (Å²) in [7, 11) is 0. The minimum atomic E-state index is -4.67. The van der Waals surface area contributed by atoms with Gasteiger partial charge in [-0.15, -0.1) is 0 Å². The molecular weight excluding hydrogens is 375 g/mol. The Morgan fingerprint density at radius 3 is 2.50 bits per heavy atom. The molecule has 9 heteroatoms. The summed E-state index contributed by atoms with van der Waals surface area (Å²) in [6.45, 7) is 4.31. The number of halogens is 3. The van der Waals surface area contributed by atoms with E-state index in [0.29, 0.717) is 17.5 Å². The van der Waals surface area contributed by atoms with Crippen molar-refractivity contribution in [3.8, 4) is 11.7 Å². The van der Waals surface area contributed by atoms with Gasteiger partial charge in [-0.1, -0.05) is 0 Å². The van der Waals surface area contributed by atoms with Crippen molar-refractivity contribution in [2.24, 2.45) is 5.92 Å². The van der Waals surface area contributed by atoms with E-state index in [1.165, 1.54) is 12.1 Å². The number of aromatic nitrogens is 1. The van der Waals surface area contributed by atoms with Crippen molar-refractivity contribution in [2.45, 2.75) is 38.0 Å². The number of oxazole rings is 1. The first-order valence-corrected chi connectivity index (χ1v) is 9.17. The quantitative estimate of drug-likeness (QED) is 0.855. The zero-order valence-electron chi connectivity index (χ0n) is 15.2. The number of carbonyl (C=O) groups excluding carboxylic acids is 1. The molecule has 3 fully saturated rings. The zero-order chi connectivity index (χ0) is 19.9. The van der Waals surface area contributed by atoms with Crippen LogP contribution >= 0.6 is 0 Å². The molecule has 2 bridgehead atoms. The second kappa shape index (κ2) is 7.12. The topological polar surface area (TPSA) is 67.6 Å². The number of fused-ring (bicyclic) bond motifs is 3. The molecule has 150 valence electrons. The highest BCUT2D eigenvalue weighted by Crippen LogP contribution is 2.33. The monoisotopic (exact) mass is 395 g/mol. The number of rotatable bonds is 4. The first-order valence-electron chi connectivity index (χ1n) is 9.17. The summed E-state index contributed by atoms with van der Waals surface area (Å²) in [5, 5.41) is 3.13. The fourth-order valence-corrected chi connectivity index (χ4v) is 4.01. The van der Waals surface area contributed by atoms with Crippen LogP contribution in [0.1, 0.15) is 36.0 Å². The number of alkyl halides is 3. The van der Waals surface area contributed by atoms with E-state index in [1.807, 2.05) is 0 Å². The van der Waals surface area contributed by atoms with Gasteiger partial charge in [-0.25, -0.2) is 4.98 Å². The Kier molecular flexibility index (Phi) is 4.78. The average Bonchev–Trinajstić information content (AvgIpc) is 3.14. The van der Waals surface area contributed by atoms with E-state index in [9.17, 15) is 18.0 Å². The number of carbonyl (C=O) groups is 1. The van der Waals surface area contributed by atoms with Crippen molar-refractivity contribution in [1.82, 2.24) is 15.2 Å². The molecule has 0 spiro atoms. The fraction of sp³-hybridized carbons (Fsp3) is 0.474. The molecule has 1 aromatic heterocycles. The molecule has 0 radical (unpaired) electrons. The molecule has 0 unspecified atom stereocenters. The highest BCUT2D eigenvalue weighted by atomic mass is 19.4. The zero-order valence-corrected chi connectivity index (χ0v) is 15.2. The molecule has 0 saturated carbocycles. The Balaban J connectivity index is 1.39. The fourth-order valence-electron chi connectivity index (χ4n) is 4.01. The number of hydrogen-bond acceptors (Lipinski definition) is 5. The number of hydrogen-bond donors (Lipinski definition) is 1. The molecular formula is C19H20F3N3O3. The molecule has 0 aliphatic carbocycles. The summed E-state index contributed by atoms with van der Waals surface area (Å²) < 4.78 is 47.3. The summed E-state index contributed by atoms with van der Waals surface area (Å²) in [5.41, 5.74) is 0.463. The molecule has 1 amide bonds. The first-order chi connectivity index (χ1) is 13.3. The van der Waals surface area contributed by atoms with Crippen LogP contribution in [-0.2, 0) is 6.18 Å². The molecule has 3 aliphatic heterocycles. The van der Waals surface area contributed by atoms with Gasteiger partial charge in [0.1, 0.15) is 11.9 Å². The lowest BCUT2D eigenvalue weighted by molar-refractivity contribution is -0.157. The summed E-state index contributed by atoms with van der Waals surface area (Å²) in [4.78, 5) is 18.1. The van der Waals surface area contributed by atoms with Crippen LogP contribution in [0.3, 0.4) is 0 Å². The van der Waals surface area contributed by atoms with Crippen LogP contribution < -0.4 is 10.1 Å². The van der Waals surface area contributed by atoms with Gasteiger partial charge in [-0.2, -0.15) is 13.2 Å². The molecule has 6 nitrogen and oxygen atoms in total. The smallest absolute Gasteiger partial charge is 0.425 e. The van der Waals surface area contributed by atoms with Gasteiger partial charge in [0.2, 0.25) is 0 Å². The Labute approximate surface area is 159 Å². The second-order valence-electron chi connectivity index (χ2n) is 7.22. The van der Waals surface area contributed by atoms with Gasteiger partial charge < -0.3 is 14.5 Å². The predicted molar refractivity (Wildman–Crippen MR) is 93.0 cm³/mol. The highest BCUT2D eigenvalue weighted by molar-refractivity contribution is 5.94. The van der Waals surface area contributed by atoms with E-state index in [1.54, 1.807) is 12.1 Å². The second-order valence-corrected chi connectivity index (χ2v) is 7.22. The van der Waals surface area contributed by atoms with Gasteiger partial charge in [0.25, 0.3) is 5.91 Å². The van der Waals surface area contributed by atoms with E-state index >= 15 is 0 Å². The lowest BCUT2D eigenvalue weighted by Crippen LogP contribution is -2.62. The molecule has 28 heavy (non-hydrogen) atoms. The van der Waals surface area contributed by atoms with Gasteiger partial charge in [0, 0.05) is 17.6 Å². The van der Waals surface area contributed by atoms with Gasteiger partial charge >= 0.3 is 18.0 Å². The molecule has 1 aromatic carbocycles. The van der Waals surface area contributed by atoms with Crippen LogP contribution in [0, 0.1) is 5.92 Å². The Morgan fingerprint density at radius 1 is 1.25 bits per heavy atom. The summed E-state index contributed by atoms with van der Waals surface area (Å²) in [6, 6.07) is 6.58. The molecule has 2 atom stereocenters. The van der Waals surface area contributed by atoms with Crippen LogP contribution in [0.15, 0.2) is 34.9 Å². The lowest BCUT2D eigenvalue weighted by Gasteiger charge is -2.49. The maximum absolute atomic E-state index is 12.6. The van der Waals surface area contributed by atoms with Crippen LogP contribution in [0.5, 0.6) is 11.7 Å². The molecule has 2 aromatic rings. The number of amides is 1. The SMILES string of the molecule is C[C@@H]1[C@H](NC(=O)c2ccc(Oc3cnc(C(F)(F)F)o3)cc2)C2CCN1CC2. The number of ether oxygens (including phenoxy) is 1. The summed E-state index contributed by atoms with van der Waals surface area (Å²) >= 11 is 0. The van der Waals surface area contributed by atoms with Crippen molar-refractivity contribution in [2.75, 3.05) is 13.1 Å². The van der Waals surface area contributed by atoms with Crippen molar-refractivity contribution in [3.63, 3.8) is 0 Å². The van der Waals surface area contributed by atoms with Crippen molar-refractivity contribution in [3.05, 3.63) is 41.9 Å². The minimum absolute atomic E-state index is 0.126. The number of piperidine rings is 3. The first kappa shape index (κ1) is 18.8. The van der Waals surface area contributed by atoms with Crippen molar-refractivity contribution < 1.29 is 27.1 Å². The molecule has 4 heterocycles. The van der Waals surface area contributed by atoms with Crippen LogP contribution in [-0.4, -0.2) is 41.0 Å². The maximum atomic E-state index is 12.6. The van der Waals surface area contributed by atoms with Gasteiger partial charge in [0.15, 0.2) is 0 Å². The Bertz CT molecular complexity index is 840. The van der Waals surface area contributed by atoms with Crippen LogP contribution in [0.2, 0.25) is 0 Å². The predicted octanol–water partition coefficient (Wildman–Crippen LogP) is 3.70. The lowest BCUT2D eigenvalue weighted by atomic mass is 9.79. The van der Waals surface area contributed by atoms with E-state index in [4.69, 9.17) is 4.74 Å². The number of benzene rings is 1. The van der Waals surface area contributed by atoms with E-state index in [0.717, 1.165) is 32.1 Å². The molecule has 3 aliphatic rings. The number of nitrogens with zero attached hydrogens (tertiary/aromatic N) is 2. The molecule has 5 rings (SSSR count). The third-order valence-corrected chi connectivity index (χ3v) is 5.54. The third-order valence-electron chi connectivity index (χ3n) is 5.54. The van der Waals surface area contributed by atoms with E-state index < -0.39 is 12.1 Å². The van der Waals surface area contributed by atoms with Gasteiger partial charge in [0.05, 0.1) is 0 Å². The van der Waals surface area contributed by atoms with Crippen molar-refractivity contribution >= 4 is 5.91 Å². The van der Waals surface area contributed by atoms with Crippen LogP contribution in [0.25, 0.3) is 0 Å². The summed E-state index contributed by atoms with van der Waals surface area (Å²) in [6.07, 6.45) is -1.62. The Morgan fingerprint density at radius 2 is 1.93 bits per heavy atom. The summed E-state index contributed by atoms with van der Waals surface area (Å²) in [5.74, 6) is -1.16. The highest BCUT2D eigenvalue weighted by Gasteiger charge is 2.40. The minimum Gasteiger partial charge on any atom is -0.425 e. The van der Waals surface area contributed by atoms with E-state index in [2.05, 4.69) is 26.5 Å². The van der Waals surface area contributed by atoms with Crippen molar-refractivity contribution in [1.29, 1.82) is 0 Å². The third kappa shape index (κ3) is 3.71. The van der Waals surface area contributed by atoms with Crippen LogP contribution in [0.4, 0.5) is 13.2 Å². The van der Waals surface area contributed by atoms with E-state index in [-0.39, 0.29) is 23.6 Å². The number of nitrogens with one attached hydrogen (secondary N) is 1. The maximum Gasteiger partial charge on any atom is 0.469 e.